The normalized spacial score (nSPS) is 11.2. The second-order valence-corrected chi connectivity index (χ2v) is 6.07. The number of thiophene rings is 1. The largest absolute Gasteiger partial charge is 0.484 e. The number of nitrogens with zero attached hydrogens (tertiary/aromatic N) is 1. The van der Waals surface area contributed by atoms with Gasteiger partial charge in [-0.25, -0.2) is 5.43 Å². The van der Waals surface area contributed by atoms with Crippen LogP contribution in [0.2, 0.25) is 0 Å². The lowest BCUT2D eigenvalue weighted by molar-refractivity contribution is -0.119. The first-order valence-corrected chi connectivity index (χ1v) is 8.31. The minimum atomic E-state index is -0.529. The Morgan fingerprint density at radius 3 is 2.54 bits per heavy atom. The molecule has 6 nitrogen and oxygen atoms in total. The van der Waals surface area contributed by atoms with Gasteiger partial charge in [0.1, 0.15) is 5.75 Å². The number of primary amides is 1. The van der Waals surface area contributed by atoms with E-state index in [2.05, 4.69) is 10.5 Å². The highest BCUT2D eigenvalue weighted by Crippen LogP contribution is 2.15. The molecule has 0 spiro atoms. The molecule has 24 heavy (non-hydrogen) atoms. The Bertz CT molecular complexity index is 751. The second kappa shape index (κ2) is 8.26. The fourth-order valence-electron chi connectivity index (χ4n) is 1.90. The molecule has 0 radical (unpaired) electrons. The van der Waals surface area contributed by atoms with E-state index in [1.807, 2.05) is 18.4 Å². The molecular formula is C17H19N3O3S. The van der Waals surface area contributed by atoms with Gasteiger partial charge in [-0.2, -0.15) is 5.10 Å². The Labute approximate surface area is 144 Å². The topological polar surface area (TPSA) is 93.8 Å². The zero-order valence-electron chi connectivity index (χ0n) is 13.5. The molecule has 0 aliphatic carbocycles. The molecule has 0 aliphatic heterocycles. The zero-order valence-corrected chi connectivity index (χ0v) is 14.4. The van der Waals surface area contributed by atoms with Gasteiger partial charge in [-0.1, -0.05) is 6.92 Å². The fraction of sp³-hybridized carbons (Fsp3) is 0.235. The van der Waals surface area contributed by atoms with Crippen molar-refractivity contribution in [3.05, 3.63) is 51.7 Å². The van der Waals surface area contributed by atoms with E-state index in [0.717, 1.165) is 16.9 Å². The van der Waals surface area contributed by atoms with Crippen molar-refractivity contribution in [3.8, 4) is 5.75 Å². The second-order valence-electron chi connectivity index (χ2n) is 5.07. The van der Waals surface area contributed by atoms with Crippen molar-refractivity contribution in [3.63, 3.8) is 0 Å². The van der Waals surface area contributed by atoms with Crippen LogP contribution in [0.5, 0.6) is 5.75 Å². The monoisotopic (exact) mass is 345 g/mol. The third kappa shape index (κ3) is 4.92. The minimum absolute atomic E-state index is 0.164. The van der Waals surface area contributed by atoms with Gasteiger partial charge in [0.25, 0.3) is 11.8 Å². The number of carbonyl (C=O) groups is 2. The van der Waals surface area contributed by atoms with E-state index in [0.29, 0.717) is 17.0 Å². The first-order chi connectivity index (χ1) is 11.5. The lowest BCUT2D eigenvalue weighted by atomic mass is 10.1. The molecule has 126 valence electrons. The maximum atomic E-state index is 12.0. The summed E-state index contributed by atoms with van der Waals surface area (Å²) in [6, 6.07) is 8.88. The van der Waals surface area contributed by atoms with E-state index >= 15 is 0 Å². The number of hydrazone groups is 1. The van der Waals surface area contributed by atoms with Crippen LogP contribution in [0, 0.1) is 0 Å². The highest BCUT2D eigenvalue weighted by Gasteiger charge is 2.08. The maximum Gasteiger partial charge on any atom is 0.272 e. The van der Waals surface area contributed by atoms with E-state index in [9.17, 15) is 9.59 Å². The number of nitrogens with one attached hydrogen (secondary N) is 1. The van der Waals surface area contributed by atoms with E-state index in [1.165, 1.54) is 0 Å². The van der Waals surface area contributed by atoms with Gasteiger partial charge in [0.05, 0.1) is 11.3 Å². The first kappa shape index (κ1) is 17.7. The number of nitrogens with two attached hydrogens (primary N) is 1. The predicted octanol–water partition coefficient (Wildman–Crippen LogP) is 2.33. The van der Waals surface area contributed by atoms with Gasteiger partial charge in [0, 0.05) is 10.3 Å². The lowest BCUT2D eigenvalue weighted by Crippen LogP contribution is -2.20. The molecule has 0 unspecified atom stereocenters. The summed E-state index contributed by atoms with van der Waals surface area (Å²) in [6.45, 7) is 3.68. The summed E-state index contributed by atoms with van der Waals surface area (Å²) in [5.41, 5.74) is 9.69. The summed E-state index contributed by atoms with van der Waals surface area (Å²) >= 11 is 1.56. The van der Waals surface area contributed by atoms with Gasteiger partial charge >= 0.3 is 0 Å². The summed E-state index contributed by atoms with van der Waals surface area (Å²) < 4.78 is 5.19. The molecule has 2 amide bonds. The summed E-state index contributed by atoms with van der Waals surface area (Å²) in [5.74, 6) is -0.217. The molecule has 0 fully saturated rings. The Morgan fingerprint density at radius 1 is 1.25 bits per heavy atom. The lowest BCUT2D eigenvalue weighted by Gasteiger charge is -2.05. The summed E-state index contributed by atoms with van der Waals surface area (Å²) in [7, 11) is 0. The third-order valence-electron chi connectivity index (χ3n) is 3.24. The number of rotatable bonds is 7. The van der Waals surface area contributed by atoms with Crippen LogP contribution in [-0.2, 0) is 11.2 Å². The van der Waals surface area contributed by atoms with Crippen molar-refractivity contribution >= 4 is 28.9 Å². The van der Waals surface area contributed by atoms with Crippen LogP contribution in [0.15, 0.2) is 40.8 Å². The van der Waals surface area contributed by atoms with Crippen LogP contribution in [0.25, 0.3) is 0 Å². The first-order valence-electron chi connectivity index (χ1n) is 7.43. The highest BCUT2D eigenvalue weighted by atomic mass is 32.1. The molecule has 1 aromatic heterocycles. The third-order valence-corrected chi connectivity index (χ3v) is 4.32. The van der Waals surface area contributed by atoms with E-state index in [-0.39, 0.29) is 12.5 Å². The van der Waals surface area contributed by atoms with Crippen LogP contribution in [0.1, 0.15) is 34.6 Å². The molecular weight excluding hydrogens is 326 g/mol. The van der Waals surface area contributed by atoms with Gasteiger partial charge in [-0.05, 0) is 49.2 Å². The Hall–Kier alpha value is -2.67. The molecule has 3 N–H and O–H groups in total. The smallest absolute Gasteiger partial charge is 0.272 e. The Balaban J connectivity index is 1.97. The minimum Gasteiger partial charge on any atom is -0.484 e. The van der Waals surface area contributed by atoms with Crippen LogP contribution in [-0.4, -0.2) is 24.1 Å². The van der Waals surface area contributed by atoms with Crippen molar-refractivity contribution in [2.75, 3.05) is 6.61 Å². The molecule has 1 heterocycles. The number of aryl methyl sites for hydroxylation is 1. The molecule has 7 heteroatoms. The van der Waals surface area contributed by atoms with Crippen molar-refractivity contribution < 1.29 is 14.3 Å². The molecule has 0 saturated carbocycles. The molecule has 0 saturated heterocycles. The molecule has 2 rings (SSSR count). The van der Waals surface area contributed by atoms with Crippen molar-refractivity contribution in [2.45, 2.75) is 20.3 Å². The van der Waals surface area contributed by atoms with Gasteiger partial charge < -0.3 is 10.5 Å². The molecule has 0 atom stereocenters. The van der Waals surface area contributed by atoms with Crippen molar-refractivity contribution in [1.82, 2.24) is 5.43 Å². The summed E-state index contributed by atoms with van der Waals surface area (Å²) in [4.78, 5) is 23.9. The molecule has 0 aliphatic rings. The Morgan fingerprint density at radius 2 is 1.96 bits per heavy atom. The van der Waals surface area contributed by atoms with Crippen LogP contribution < -0.4 is 15.9 Å². The van der Waals surface area contributed by atoms with Crippen LogP contribution in [0.4, 0.5) is 0 Å². The predicted molar refractivity (Wildman–Crippen MR) is 94.5 cm³/mol. The highest BCUT2D eigenvalue weighted by molar-refractivity contribution is 7.10. The molecule has 0 bridgehead atoms. The van der Waals surface area contributed by atoms with Crippen LogP contribution >= 0.6 is 11.3 Å². The Kier molecular flexibility index (Phi) is 6.08. The quantitative estimate of drug-likeness (QED) is 0.596. The zero-order chi connectivity index (χ0) is 17.5. The summed E-state index contributed by atoms with van der Waals surface area (Å²) in [5, 5.41) is 5.94. The van der Waals surface area contributed by atoms with Crippen molar-refractivity contribution in [2.24, 2.45) is 10.8 Å². The molecule has 1 aromatic carbocycles. The average Bonchev–Trinajstić information content (AvgIpc) is 3.07. The van der Waals surface area contributed by atoms with Gasteiger partial charge in [0.2, 0.25) is 0 Å². The number of ether oxygens (including phenoxy) is 1. The standard InChI is InChI=1S/C17H19N3O3S/c1-3-15-8-13(10-24-15)17(22)20-19-11(2)12-4-6-14(7-5-12)23-9-16(18)21/h4-8,10H,3,9H2,1-2H3,(H2,18,21)(H,20,22)/b19-11-. The van der Waals surface area contributed by atoms with E-state index in [1.54, 1.807) is 42.5 Å². The maximum absolute atomic E-state index is 12.0. The van der Waals surface area contributed by atoms with Gasteiger partial charge in [0.15, 0.2) is 6.61 Å². The van der Waals surface area contributed by atoms with Crippen LogP contribution in [0.3, 0.4) is 0 Å². The fourth-order valence-corrected chi connectivity index (χ4v) is 2.71. The van der Waals surface area contributed by atoms with Gasteiger partial charge in [-0.15, -0.1) is 11.3 Å². The van der Waals surface area contributed by atoms with Crippen molar-refractivity contribution in [1.29, 1.82) is 0 Å². The summed E-state index contributed by atoms with van der Waals surface area (Å²) in [6.07, 6.45) is 0.907. The SMILES string of the molecule is CCc1cc(C(=O)N/N=C(/C)c2ccc(OCC(N)=O)cc2)cs1. The average molecular weight is 345 g/mol. The van der Waals surface area contributed by atoms with E-state index in [4.69, 9.17) is 10.5 Å². The number of carbonyl (C=O) groups excluding carboxylic acids is 2. The number of hydrogen-bond donors (Lipinski definition) is 2. The molecule has 2 aromatic rings. The number of hydrogen-bond acceptors (Lipinski definition) is 5. The number of amides is 2. The van der Waals surface area contributed by atoms with E-state index < -0.39 is 5.91 Å². The number of benzene rings is 1. The van der Waals surface area contributed by atoms with Gasteiger partial charge in [-0.3, -0.25) is 9.59 Å².